The van der Waals surface area contributed by atoms with Gasteiger partial charge in [-0.25, -0.2) is 0 Å². The molecule has 76 valence electrons. The lowest BCUT2D eigenvalue weighted by Gasteiger charge is -1.95. The Bertz CT molecular complexity index is 427. The fourth-order valence-electron chi connectivity index (χ4n) is 1.13. The van der Waals surface area contributed by atoms with Crippen molar-refractivity contribution in [3.63, 3.8) is 0 Å². The Kier molecular flexibility index (Phi) is 3.58. The highest BCUT2D eigenvalue weighted by Gasteiger charge is 2.06. The zero-order valence-electron chi connectivity index (χ0n) is 8.30. The van der Waals surface area contributed by atoms with Crippen LogP contribution in [0.15, 0.2) is 30.0 Å². The summed E-state index contributed by atoms with van der Waals surface area (Å²) in [5.41, 5.74) is 1.45. The standard InChI is InChI=1S/C11H10N2O2/c1-2-11(13(14)15)7-9-3-5-10(8-12)6-4-9/h3-7H,2H2,1H3. The third-order valence-electron chi connectivity index (χ3n) is 1.97. The number of hydrogen-bond acceptors (Lipinski definition) is 3. The minimum absolute atomic E-state index is 0.166. The first-order chi connectivity index (χ1) is 7.17. The smallest absolute Gasteiger partial charge is 0.246 e. The lowest BCUT2D eigenvalue weighted by Crippen LogP contribution is -1.96. The molecular weight excluding hydrogens is 192 g/mol. The minimum Gasteiger partial charge on any atom is -0.259 e. The molecular formula is C11H10N2O2. The van der Waals surface area contributed by atoms with Gasteiger partial charge in [-0.05, 0) is 17.7 Å². The van der Waals surface area contributed by atoms with E-state index < -0.39 is 4.92 Å². The van der Waals surface area contributed by atoms with E-state index in [-0.39, 0.29) is 5.70 Å². The summed E-state index contributed by atoms with van der Waals surface area (Å²) in [6.45, 7) is 1.73. The molecule has 0 aromatic heterocycles. The number of nitrogens with zero attached hydrogens (tertiary/aromatic N) is 2. The second-order valence-corrected chi connectivity index (χ2v) is 2.98. The van der Waals surface area contributed by atoms with Crippen molar-refractivity contribution in [2.24, 2.45) is 0 Å². The summed E-state index contributed by atoms with van der Waals surface area (Å²) in [5, 5.41) is 19.1. The van der Waals surface area contributed by atoms with E-state index in [2.05, 4.69) is 0 Å². The lowest BCUT2D eigenvalue weighted by molar-refractivity contribution is -0.425. The van der Waals surface area contributed by atoms with Crippen LogP contribution in [0.1, 0.15) is 24.5 Å². The Morgan fingerprint density at radius 2 is 2.13 bits per heavy atom. The summed E-state index contributed by atoms with van der Waals surface area (Å²) in [4.78, 5) is 10.2. The first kappa shape index (κ1) is 10.9. The maximum absolute atomic E-state index is 10.5. The number of hydrogen-bond donors (Lipinski definition) is 0. The Morgan fingerprint density at radius 3 is 2.53 bits per heavy atom. The second kappa shape index (κ2) is 4.91. The Morgan fingerprint density at radius 1 is 1.53 bits per heavy atom. The molecule has 4 nitrogen and oxygen atoms in total. The number of nitro groups is 1. The maximum Gasteiger partial charge on any atom is 0.246 e. The van der Waals surface area contributed by atoms with Gasteiger partial charge in [0, 0.05) is 12.5 Å². The summed E-state index contributed by atoms with van der Waals surface area (Å²) >= 11 is 0. The molecule has 1 aromatic rings. The largest absolute Gasteiger partial charge is 0.259 e. The SMILES string of the molecule is CCC(=Cc1ccc(C#N)cc1)[N+](=O)[O-]. The van der Waals surface area contributed by atoms with Gasteiger partial charge >= 0.3 is 0 Å². The first-order valence-electron chi connectivity index (χ1n) is 4.52. The van der Waals surface area contributed by atoms with Crippen molar-refractivity contribution in [3.8, 4) is 6.07 Å². The van der Waals surface area contributed by atoms with E-state index in [1.807, 2.05) is 6.07 Å². The lowest BCUT2D eigenvalue weighted by atomic mass is 10.1. The molecule has 0 aliphatic rings. The third-order valence-corrected chi connectivity index (χ3v) is 1.97. The molecule has 0 radical (unpaired) electrons. The van der Waals surface area contributed by atoms with Gasteiger partial charge in [-0.2, -0.15) is 5.26 Å². The van der Waals surface area contributed by atoms with Gasteiger partial charge in [0.2, 0.25) is 5.70 Å². The van der Waals surface area contributed by atoms with Crippen molar-refractivity contribution in [2.45, 2.75) is 13.3 Å². The molecule has 0 spiro atoms. The highest BCUT2D eigenvalue weighted by Crippen LogP contribution is 2.11. The van der Waals surface area contributed by atoms with E-state index >= 15 is 0 Å². The molecule has 0 aliphatic heterocycles. The zero-order chi connectivity index (χ0) is 11.3. The average molecular weight is 202 g/mol. The molecule has 0 atom stereocenters. The van der Waals surface area contributed by atoms with Crippen LogP contribution in [0, 0.1) is 21.4 Å². The van der Waals surface area contributed by atoms with Crippen LogP contribution < -0.4 is 0 Å². The van der Waals surface area contributed by atoms with E-state index in [9.17, 15) is 10.1 Å². The average Bonchev–Trinajstić information content (AvgIpc) is 2.26. The molecule has 0 unspecified atom stereocenters. The van der Waals surface area contributed by atoms with Crippen molar-refractivity contribution in [1.29, 1.82) is 5.26 Å². The second-order valence-electron chi connectivity index (χ2n) is 2.98. The topological polar surface area (TPSA) is 66.9 Å². The van der Waals surface area contributed by atoms with Crippen LogP contribution in [0.25, 0.3) is 6.08 Å². The molecule has 0 heterocycles. The van der Waals surface area contributed by atoms with Crippen LogP contribution in [0.4, 0.5) is 0 Å². The Labute approximate surface area is 87.6 Å². The van der Waals surface area contributed by atoms with Gasteiger partial charge in [0.05, 0.1) is 16.6 Å². The summed E-state index contributed by atoms with van der Waals surface area (Å²) < 4.78 is 0. The third kappa shape index (κ3) is 2.92. The number of benzene rings is 1. The van der Waals surface area contributed by atoms with Crippen LogP contribution >= 0.6 is 0 Å². The van der Waals surface area contributed by atoms with Crippen LogP contribution in [-0.2, 0) is 0 Å². The number of allylic oxidation sites excluding steroid dienone is 1. The predicted molar refractivity (Wildman–Crippen MR) is 56.4 cm³/mol. The fourth-order valence-corrected chi connectivity index (χ4v) is 1.13. The van der Waals surface area contributed by atoms with Crippen molar-refractivity contribution >= 4 is 6.08 Å². The van der Waals surface area contributed by atoms with Crippen LogP contribution in [0.3, 0.4) is 0 Å². The number of nitriles is 1. The van der Waals surface area contributed by atoms with E-state index in [0.717, 1.165) is 5.56 Å². The Hall–Kier alpha value is -2.15. The molecule has 1 rings (SSSR count). The quantitative estimate of drug-likeness (QED) is 0.558. The van der Waals surface area contributed by atoms with Crippen molar-refractivity contribution in [2.75, 3.05) is 0 Å². The van der Waals surface area contributed by atoms with Crippen molar-refractivity contribution in [1.82, 2.24) is 0 Å². The van der Waals surface area contributed by atoms with Gasteiger partial charge in [0.15, 0.2) is 0 Å². The maximum atomic E-state index is 10.5. The van der Waals surface area contributed by atoms with Crippen LogP contribution in [0.5, 0.6) is 0 Å². The highest BCUT2D eigenvalue weighted by atomic mass is 16.6. The molecule has 0 amide bonds. The van der Waals surface area contributed by atoms with Gasteiger partial charge in [-0.15, -0.1) is 0 Å². The van der Waals surface area contributed by atoms with E-state index in [4.69, 9.17) is 5.26 Å². The van der Waals surface area contributed by atoms with Crippen molar-refractivity contribution in [3.05, 3.63) is 51.2 Å². The van der Waals surface area contributed by atoms with Crippen molar-refractivity contribution < 1.29 is 4.92 Å². The van der Waals surface area contributed by atoms with E-state index in [1.54, 1.807) is 31.2 Å². The number of rotatable bonds is 3. The summed E-state index contributed by atoms with van der Waals surface area (Å²) in [6.07, 6.45) is 1.90. The van der Waals surface area contributed by atoms with Crippen LogP contribution in [-0.4, -0.2) is 4.92 Å². The molecule has 0 bridgehead atoms. The predicted octanol–water partition coefficient (Wildman–Crippen LogP) is 2.59. The molecule has 0 N–H and O–H groups in total. The van der Waals surface area contributed by atoms with E-state index in [1.165, 1.54) is 6.08 Å². The molecule has 15 heavy (non-hydrogen) atoms. The minimum atomic E-state index is -0.391. The van der Waals surface area contributed by atoms with E-state index in [0.29, 0.717) is 12.0 Å². The van der Waals surface area contributed by atoms with Gasteiger partial charge in [0.1, 0.15) is 0 Å². The van der Waals surface area contributed by atoms with Gasteiger partial charge in [0.25, 0.3) is 0 Å². The summed E-state index contributed by atoms with van der Waals surface area (Å²) in [7, 11) is 0. The first-order valence-corrected chi connectivity index (χ1v) is 4.52. The highest BCUT2D eigenvalue weighted by molar-refractivity contribution is 5.52. The molecule has 0 fully saturated rings. The molecule has 1 aromatic carbocycles. The monoisotopic (exact) mass is 202 g/mol. The van der Waals surface area contributed by atoms with Gasteiger partial charge in [-0.1, -0.05) is 19.1 Å². The normalized spacial score (nSPS) is 10.8. The van der Waals surface area contributed by atoms with Crippen LogP contribution in [0.2, 0.25) is 0 Å². The Balaban J connectivity index is 2.98. The van der Waals surface area contributed by atoms with Gasteiger partial charge < -0.3 is 0 Å². The zero-order valence-corrected chi connectivity index (χ0v) is 8.30. The molecule has 0 saturated carbocycles. The summed E-state index contributed by atoms with van der Waals surface area (Å²) in [5.74, 6) is 0. The molecule has 4 heteroatoms. The summed E-state index contributed by atoms with van der Waals surface area (Å²) in [6, 6.07) is 8.65. The van der Waals surface area contributed by atoms with Gasteiger partial charge in [-0.3, -0.25) is 10.1 Å². The molecule has 0 aliphatic carbocycles. The molecule has 0 saturated heterocycles. The fraction of sp³-hybridized carbons (Fsp3) is 0.182.